The van der Waals surface area contributed by atoms with Crippen LogP contribution in [0.25, 0.3) is 0 Å². The van der Waals surface area contributed by atoms with Crippen LogP contribution in [0.4, 0.5) is 0 Å². The highest BCUT2D eigenvalue weighted by Gasteiger charge is 2.34. The fraction of sp³-hybridized carbons (Fsp3) is 0.727. The van der Waals surface area contributed by atoms with Gasteiger partial charge in [-0.25, -0.2) is 4.79 Å². The molecule has 1 saturated heterocycles. The van der Waals surface area contributed by atoms with Crippen LogP contribution in [0.5, 0.6) is 0 Å². The number of carbonyl (C=O) groups excluding carboxylic acids is 1. The summed E-state index contributed by atoms with van der Waals surface area (Å²) in [6, 6.07) is -0.841. The number of aliphatic imine (C=N–C) groups is 1. The van der Waals surface area contributed by atoms with Gasteiger partial charge in [-0.2, -0.15) is 0 Å². The van der Waals surface area contributed by atoms with Crippen LogP contribution in [0.3, 0.4) is 0 Å². The van der Waals surface area contributed by atoms with Crippen LogP contribution in [-0.2, 0) is 14.3 Å². The monoisotopic (exact) mass is 289 g/mol. The summed E-state index contributed by atoms with van der Waals surface area (Å²) < 4.78 is 4.93. The largest absolute Gasteiger partial charge is 0.595 e. The van der Waals surface area contributed by atoms with Gasteiger partial charge in [0, 0.05) is 11.4 Å². The normalized spacial score (nSPS) is 20.5. The summed E-state index contributed by atoms with van der Waals surface area (Å²) in [4.78, 5) is 27.4. The number of carbonyl (C=O) groups is 2. The Morgan fingerprint density at radius 2 is 2.16 bits per heavy atom. The highest BCUT2D eigenvalue weighted by Crippen LogP contribution is 2.21. The second-order valence-corrected chi connectivity index (χ2v) is 6.01. The predicted octanol–water partition coefficient (Wildman–Crippen LogP) is -0.496. The molecule has 0 aromatic rings. The molecule has 0 radical (unpaired) electrons. The lowest BCUT2D eigenvalue weighted by molar-refractivity contribution is -0.260. The van der Waals surface area contributed by atoms with E-state index < -0.39 is 29.6 Å². The number of carboxylic acid groups (broad SMARTS) is 1. The quantitative estimate of drug-likeness (QED) is 0.555. The van der Waals surface area contributed by atoms with Crippen LogP contribution < -0.4 is 5.11 Å². The van der Waals surface area contributed by atoms with Crippen molar-refractivity contribution in [2.75, 3.05) is 18.2 Å². The van der Waals surface area contributed by atoms with Gasteiger partial charge in [-0.1, -0.05) is 20.8 Å². The zero-order chi connectivity index (χ0) is 14.6. The van der Waals surface area contributed by atoms with Crippen molar-refractivity contribution in [3.63, 3.8) is 0 Å². The number of amides is 1. The fourth-order valence-electron chi connectivity index (χ4n) is 1.41. The molecule has 0 saturated carbocycles. The molecule has 0 unspecified atom stereocenters. The Bertz CT molecular complexity index is 391. The first-order valence-corrected chi connectivity index (χ1v) is 6.86. The molecule has 1 N–H and O–H groups in total. The third-order valence-electron chi connectivity index (χ3n) is 2.22. The third kappa shape index (κ3) is 4.98. The van der Waals surface area contributed by atoms with E-state index in [4.69, 9.17) is 9.84 Å². The number of thioether (sulfide) groups is 1. The minimum absolute atomic E-state index is 0.305. The van der Waals surface area contributed by atoms with Crippen molar-refractivity contribution in [3.05, 3.63) is 0 Å². The van der Waals surface area contributed by atoms with Gasteiger partial charge in [0.2, 0.25) is 5.91 Å². The van der Waals surface area contributed by atoms with Crippen LogP contribution in [-0.4, -0.2) is 57.8 Å². The standard InChI is InChI=1S/C11H18N2O5S/c1-11(2,3)18-10(17)12-4-8(14)13-6-19-5-7(13)9(15)16/h7H,4-6H2,1-3H3,(H,12,17)(H,15,16)/p-1/t7-/m0/s1. The van der Waals surface area contributed by atoms with E-state index in [2.05, 4.69) is 4.99 Å². The summed E-state index contributed by atoms with van der Waals surface area (Å²) in [6.45, 7) is 4.69. The highest BCUT2D eigenvalue weighted by molar-refractivity contribution is 7.99. The second kappa shape index (κ2) is 6.14. The van der Waals surface area contributed by atoms with Crippen molar-refractivity contribution in [1.29, 1.82) is 0 Å². The molecule has 1 aliphatic rings. The molecule has 8 heteroatoms. The molecule has 1 rings (SSSR count). The first kappa shape index (κ1) is 15.6. The Balaban J connectivity index is 2.55. The molecular formula is C11H17N2O5S-. The summed E-state index contributed by atoms with van der Waals surface area (Å²) >= 11 is 1.36. The topological polar surface area (TPSA) is 102 Å². The van der Waals surface area contributed by atoms with Crippen LogP contribution >= 0.6 is 11.8 Å². The molecule has 19 heavy (non-hydrogen) atoms. The summed E-state index contributed by atoms with van der Waals surface area (Å²) in [5.41, 5.74) is -0.670. The van der Waals surface area contributed by atoms with E-state index in [1.807, 2.05) is 0 Å². The van der Waals surface area contributed by atoms with Gasteiger partial charge in [0.15, 0.2) is 0 Å². The lowest BCUT2D eigenvalue weighted by atomic mass is 10.2. The van der Waals surface area contributed by atoms with Crippen LogP contribution in [0.15, 0.2) is 4.99 Å². The van der Waals surface area contributed by atoms with Gasteiger partial charge in [0.25, 0.3) is 0 Å². The zero-order valence-corrected chi connectivity index (χ0v) is 11.9. The highest BCUT2D eigenvalue weighted by atomic mass is 32.2. The predicted molar refractivity (Wildman–Crippen MR) is 68.7 cm³/mol. The van der Waals surface area contributed by atoms with E-state index in [0.29, 0.717) is 11.6 Å². The van der Waals surface area contributed by atoms with Crippen molar-refractivity contribution >= 4 is 29.7 Å². The summed E-state index contributed by atoms with van der Waals surface area (Å²) in [5.74, 6) is -0.869. The molecule has 0 aromatic carbocycles. The van der Waals surface area contributed by atoms with E-state index in [1.165, 1.54) is 16.7 Å². The third-order valence-corrected chi connectivity index (χ3v) is 3.24. The molecule has 1 amide bonds. The lowest BCUT2D eigenvalue weighted by Crippen LogP contribution is -2.43. The maximum Gasteiger partial charge on any atom is 0.327 e. The molecule has 1 fully saturated rings. The van der Waals surface area contributed by atoms with E-state index >= 15 is 0 Å². The van der Waals surface area contributed by atoms with Crippen molar-refractivity contribution in [1.82, 2.24) is 4.90 Å². The number of hydrogen-bond acceptors (Lipinski definition) is 6. The van der Waals surface area contributed by atoms with Gasteiger partial charge in [0.1, 0.15) is 18.7 Å². The average Bonchev–Trinajstić information content (AvgIpc) is 2.72. The molecule has 7 nitrogen and oxygen atoms in total. The number of rotatable bonds is 3. The minimum atomic E-state index is -1.05. The number of hydrogen-bond donors (Lipinski definition) is 1. The number of aliphatic carboxylic acids is 1. The van der Waals surface area contributed by atoms with Gasteiger partial charge in [-0.05, 0) is 0 Å². The zero-order valence-electron chi connectivity index (χ0n) is 11.1. The molecule has 1 heterocycles. The first-order valence-electron chi connectivity index (χ1n) is 5.71. The molecular weight excluding hydrogens is 272 g/mol. The average molecular weight is 289 g/mol. The van der Waals surface area contributed by atoms with E-state index in [0.717, 1.165) is 0 Å². The molecule has 108 valence electrons. The first-order chi connectivity index (χ1) is 8.70. The Kier molecular flexibility index (Phi) is 5.04. The van der Waals surface area contributed by atoms with Gasteiger partial charge < -0.3 is 19.8 Å². The Labute approximate surface area is 115 Å². The van der Waals surface area contributed by atoms with Gasteiger partial charge in [0.05, 0.1) is 5.88 Å². The van der Waals surface area contributed by atoms with Crippen molar-refractivity contribution < 1.29 is 24.5 Å². The minimum Gasteiger partial charge on any atom is -0.595 e. The van der Waals surface area contributed by atoms with Gasteiger partial charge >= 0.3 is 5.97 Å². The molecule has 1 atom stereocenters. The van der Waals surface area contributed by atoms with Crippen molar-refractivity contribution in [2.45, 2.75) is 32.4 Å². The molecule has 0 aliphatic carbocycles. The lowest BCUT2D eigenvalue weighted by Gasteiger charge is -2.29. The Morgan fingerprint density at radius 1 is 1.53 bits per heavy atom. The summed E-state index contributed by atoms with van der Waals surface area (Å²) in [7, 11) is 0. The summed E-state index contributed by atoms with van der Waals surface area (Å²) in [6.07, 6.45) is -0.820. The van der Waals surface area contributed by atoms with Crippen molar-refractivity contribution in [2.24, 2.45) is 4.99 Å². The van der Waals surface area contributed by atoms with Gasteiger partial charge in [-0.3, -0.25) is 9.79 Å². The SMILES string of the molecule is CC(C)(C)OC([O-])=NCC(=O)N1CSC[C@H]1C(=O)O. The van der Waals surface area contributed by atoms with Crippen LogP contribution in [0.2, 0.25) is 0 Å². The molecule has 1 aliphatic heterocycles. The molecule has 0 spiro atoms. The fourth-order valence-corrected chi connectivity index (χ4v) is 2.58. The summed E-state index contributed by atoms with van der Waals surface area (Å²) in [5, 5.41) is 20.2. The number of nitrogens with zero attached hydrogens (tertiary/aromatic N) is 2. The van der Waals surface area contributed by atoms with E-state index in [9.17, 15) is 14.7 Å². The second-order valence-electron chi connectivity index (χ2n) is 5.01. The van der Waals surface area contributed by atoms with E-state index in [1.54, 1.807) is 20.8 Å². The smallest absolute Gasteiger partial charge is 0.327 e. The Morgan fingerprint density at radius 3 is 2.68 bits per heavy atom. The maximum atomic E-state index is 11.8. The number of carboxylic acids is 1. The Hall–Kier alpha value is -1.44. The van der Waals surface area contributed by atoms with E-state index in [-0.39, 0.29) is 6.54 Å². The molecule has 0 bridgehead atoms. The van der Waals surface area contributed by atoms with Crippen molar-refractivity contribution in [3.8, 4) is 0 Å². The van der Waals surface area contributed by atoms with Crippen LogP contribution in [0, 0.1) is 0 Å². The maximum absolute atomic E-state index is 11.8. The van der Waals surface area contributed by atoms with Crippen LogP contribution in [0.1, 0.15) is 20.8 Å². The molecule has 0 aromatic heterocycles. The van der Waals surface area contributed by atoms with Gasteiger partial charge in [-0.15, -0.1) is 11.8 Å². The number of ether oxygens (including phenoxy) is 1.